The van der Waals surface area contributed by atoms with Gasteiger partial charge in [0.1, 0.15) is 12.6 Å². The van der Waals surface area contributed by atoms with Crippen LogP contribution in [0, 0.1) is 10.1 Å². The SMILES string of the molecule is NC(=NCCC[C@H](NC(=O)OCc1ccccc1)C(=O)S)N[N+](=O)[O-]. The normalized spacial score (nSPS) is 12.1. The molecule has 1 atom stereocenters. The van der Waals surface area contributed by atoms with E-state index in [1.807, 2.05) is 18.2 Å². The highest BCUT2D eigenvalue weighted by Gasteiger charge is 2.18. The van der Waals surface area contributed by atoms with Crippen LogP contribution in [0.15, 0.2) is 35.3 Å². The Morgan fingerprint density at radius 2 is 2.04 bits per heavy atom. The highest BCUT2D eigenvalue weighted by Crippen LogP contribution is 2.04. The van der Waals surface area contributed by atoms with Gasteiger partial charge in [0.05, 0.1) is 0 Å². The molecule has 10 nitrogen and oxygen atoms in total. The number of hydrogen-bond acceptors (Lipinski definition) is 6. The maximum Gasteiger partial charge on any atom is 0.408 e. The van der Waals surface area contributed by atoms with Crippen LogP contribution in [0.5, 0.6) is 0 Å². The van der Waals surface area contributed by atoms with Gasteiger partial charge in [0, 0.05) is 6.54 Å². The van der Waals surface area contributed by atoms with Crippen molar-refractivity contribution in [2.75, 3.05) is 6.54 Å². The monoisotopic (exact) mass is 369 g/mol. The minimum atomic E-state index is -0.855. The summed E-state index contributed by atoms with van der Waals surface area (Å²) in [6.07, 6.45) is -0.150. The first kappa shape index (κ1) is 20.2. The smallest absolute Gasteiger partial charge is 0.408 e. The van der Waals surface area contributed by atoms with Gasteiger partial charge in [-0.1, -0.05) is 35.8 Å². The van der Waals surface area contributed by atoms with Crippen LogP contribution in [0.4, 0.5) is 4.79 Å². The summed E-state index contributed by atoms with van der Waals surface area (Å²) in [4.78, 5) is 37.1. The van der Waals surface area contributed by atoms with E-state index in [2.05, 4.69) is 22.9 Å². The predicted molar refractivity (Wildman–Crippen MR) is 93.4 cm³/mol. The molecule has 0 heterocycles. The zero-order valence-electron chi connectivity index (χ0n) is 13.3. The van der Waals surface area contributed by atoms with E-state index < -0.39 is 22.3 Å². The molecule has 0 aliphatic heterocycles. The van der Waals surface area contributed by atoms with Gasteiger partial charge in [0.15, 0.2) is 5.03 Å². The average Bonchev–Trinajstić information content (AvgIpc) is 2.55. The number of alkyl carbamates (subject to hydrolysis) is 1. The summed E-state index contributed by atoms with van der Waals surface area (Å²) in [6, 6.07) is 8.22. The molecule has 0 saturated carbocycles. The zero-order valence-corrected chi connectivity index (χ0v) is 14.1. The molecule has 0 aliphatic carbocycles. The van der Waals surface area contributed by atoms with E-state index in [0.29, 0.717) is 6.42 Å². The minimum absolute atomic E-state index is 0.0769. The first-order chi connectivity index (χ1) is 11.9. The van der Waals surface area contributed by atoms with Crippen molar-refractivity contribution in [2.24, 2.45) is 10.7 Å². The summed E-state index contributed by atoms with van der Waals surface area (Å²) in [5, 5.41) is 11.2. The van der Waals surface area contributed by atoms with Crippen molar-refractivity contribution in [1.29, 1.82) is 0 Å². The number of aliphatic imine (C=N–C) groups is 1. The number of amides is 1. The fraction of sp³-hybridized carbons (Fsp3) is 0.357. The second kappa shape index (κ2) is 10.9. The van der Waals surface area contributed by atoms with Crippen molar-refractivity contribution in [3.63, 3.8) is 0 Å². The summed E-state index contributed by atoms with van der Waals surface area (Å²) in [7, 11) is 0. The van der Waals surface area contributed by atoms with Gasteiger partial charge in [-0.05, 0) is 18.4 Å². The molecule has 1 amide bonds. The molecule has 0 aliphatic rings. The summed E-state index contributed by atoms with van der Waals surface area (Å²) < 4.78 is 5.03. The lowest BCUT2D eigenvalue weighted by Gasteiger charge is -2.15. The standard InChI is InChI=1S/C14H19N5O5S/c15-13(18-19(22)23)16-8-4-7-11(12(20)25)17-14(21)24-9-10-5-2-1-3-6-10/h1-3,5-6,11H,4,7-9H2,(H,17,21)(H,20,25)(H3,15,16,18)/t11-/m0/s1. The molecule has 0 fully saturated rings. The van der Waals surface area contributed by atoms with Crippen molar-refractivity contribution in [3.05, 3.63) is 46.0 Å². The van der Waals surface area contributed by atoms with Crippen LogP contribution in [0.2, 0.25) is 0 Å². The number of nitro groups is 1. The topological polar surface area (TPSA) is 149 Å². The van der Waals surface area contributed by atoms with E-state index in [1.165, 1.54) is 0 Å². The molecule has 1 rings (SSSR count). The maximum absolute atomic E-state index is 11.7. The molecular weight excluding hydrogens is 350 g/mol. The minimum Gasteiger partial charge on any atom is -0.445 e. The van der Waals surface area contributed by atoms with Crippen LogP contribution in [0.1, 0.15) is 18.4 Å². The third-order valence-electron chi connectivity index (χ3n) is 2.94. The Morgan fingerprint density at radius 3 is 2.64 bits per heavy atom. The molecular formula is C14H19N5O5S. The van der Waals surface area contributed by atoms with Crippen molar-refractivity contribution < 1.29 is 19.4 Å². The Hall–Kier alpha value is -2.82. The first-order valence-electron chi connectivity index (χ1n) is 7.29. The molecule has 0 unspecified atom stereocenters. The maximum atomic E-state index is 11.7. The number of carbonyl (C=O) groups excluding carboxylic acids is 2. The van der Waals surface area contributed by atoms with Gasteiger partial charge in [-0.25, -0.2) is 19.9 Å². The molecule has 11 heteroatoms. The van der Waals surface area contributed by atoms with Crippen LogP contribution < -0.4 is 16.5 Å². The summed E-state index contributed by atoms with van der Waals surface area (Å²) >= 11 is 3.72. The Kier molecular flexibility index (Phi) is 8.79. The molecule has 25 heavy (non-hydrogen) atoms. The third kappa shape index (κ3) is 9.15. The Bertz CT molecular complexity index is 625. The van der Waals surface area contributed by atoms with Crippen molar-refractivity contribution >= 4 is 29.8 Å². The number of hydrogen-bond donors (Lipinski definition) is 4. The predicted octanol–water partition coefficient (Wildman–Crippen LogP) is 0.614. The van der Waals surface area contributed by atoms with Crippen molar-refractivity contribution in [2.45, 2.75) is 25.5 Å². The second-order valence-corrected chi connectivity index (χ2v) is 5.32. The first-order valence-corrected chi connectivity index (χ1v) is 7.74. The number of carbonyl (C=O) groups is 2. The Balaban J connectivity index is 2.37. The van der Waals surface area contributed by atoms with Crippen LogP contribution in [-0.4, -0.2) is 34.8 Å². The van der Waals surface area contributed by atoms with Crippen LogP contribution in [0.25, 0.3) is 0 Å². The van der Waals surface area contributed by atoms with E-state index in [1.54, 1.807) is 17.6 Å². The number of thiol groups is 1. The average molecular weight is 369 g/mol. The van der Waals surface area contributed by atoms with Gasteiger partial charge < -0.3 is 15.8 Å². The molecule has 0 saturated heterocycles. The van der Waals surface area contributed by atoms with Crippen LogP contribution in [0.3, 0.4) is 0 Å². The third-order valence-corrected chi connectivity index (χ3v) is 3.25. The number of benzene rings is 1. The zero-order chi connectivity index (χ0) is 18.7. The van der Waals surface area contributed by atoms with E-state index in [0.717, 1.165) is 5.56 Å². The second-order valence-electron chi connectivity index (χ2n) is 4.87. The van der Waals surface area contributed by atoms with Gasteiger partial charge in [-0.15, -0.1) is 12.6 Å². The molecule has 1 aromatic rings. The summed E-state index contributed by atoms with van der Waals surface area (Å²) in [5.74, 6) is -0.339. The molecule has 1 aromatic carbocycles. The van der Waals surface area contributed by atoms with Crippen molar-refractivity contribution in [3.8, 4) is 0 Å². The molecule has 0 bridgehead atoms. The number of nitrogens with two attached hydrogens (primary N) is 1. The molecule has 0 radical (unpaired) electrons. The quantitative estimate of drug-likeness (QED) is 0.124. The fourth-order valence-electron chi connectivity index (χ4n) is 1.79. The van der Waals surface area contributed by atoms with Gasteiger partial charge in [0.2, 0.25) is 5.12 Å². The Morgan fingerprint density at radius 1 is 1.36 bits per heavy atom. The Labute approximate surface area is 149 Å². The summed E-state index contributed by atoms with van der Waals surface area (Å²) in [5.41, 5.74) is 7.76. The van der Waals surface area contributed by atoms with E-state index >= 15 is 0 Å². The lowest BCUT2D eigenvalue weighted by atomic mass is 10.2. The van der Waals surface area contributed by atoms with E-state index in [9.17, 15) is 19.7 Å². The number of rotatable bonds is 9. The highest BCUT2D eigenvalue weighted by molar-refractivity contribution is 7.96. The molecule has 4 N–H and O–H groups in total. The van der Waals surface area contributed by atoms with Gasteiger partial charge >= 0.3 is 6.09 Å². The number of nitrogens with zero attached hydrogens (tertiary/aromatic N) is 2. The largest absolute Gasteiger partial charge is 0.445 e. The van der Waals surface area contributed by atoms with E-state index in [4.69, 9.17) is 10.5 Å². The van der Waals surface area contributed by atoms with Crippen LogP contribution >= 0.6 is 12.6 Å². The molecule has 136 valence electrons. The number of guanidine groups is 1. The number of ether oxygens (including phenoxy) is 1. The lowest BCUT2D eigenvalue weighted by molar-refractivity contribution is -0.525. The summed E-state index contributed by atoms with van der Waals surface area (Å²) in [6.45, 7) is 0.221. The van der Waals surface area contributed by atoms with Gasteiger partial charge in [-0.2, -0.15) is 0 Å². The fourth-order valence-corrected chi connectivity index (χ4v) is 1.98. The number of nitrogens with one attached hydrogen (secondary N) is 2. The van der Waals surface area contributed by atoms with E-state index in [-0.39, 0.29) is 25.5 Å². The van der Waals surface area contributed by atoms with Crippen LogP contribution in [-0.2, 0) is 16.1 Å². The number of hydrazine groups is 1. The van der Waals surface area contributed by atoms with Gasteiger partial charge in [0.25, 0.3) is 5.96 Å². The molecule has 0 aromatic heterocycles. The molecule has 0 spiro atoms. The highest BCUT2D eigenvalue weighted by atomic mass is 32.1. The van der Waals surface area contributed by atoms with Gasteiger partial charge in [-0.3, -0.25) is 4.79 Å². The lowest BCUT2D eigenvalue weighted by Crippen LogP contribution is -2.39. The van der Waals surface area contributed by atoms with Crippen molar-refractivity contribution in [1.82, 2.24) is 10.7 Å².